The lowest BCUT2D eigenvalue weighted by atomic mass is 9.96. The average molecular weight is 520 g/mol. The van der Waals surface area contributed by atoms with Gasteiger partial charge in [0, 0.05) is 18.2 Å². The summed E-state index contributed by atoms with van der Waals surface area (Å²) in [5, 5.41) is 13.3. The molecule has 5 aromatic carbocycles. The zero-order chi connectivity index (χ0) is 26.2. The van der Waals surface area contributed by atoms with Gasteiger partial charge in [0.2, 0.25) is 18.0 Å². The van der Waals surface area contributed by atoms with Crippen molar-refractivity contribution in [1.29, 1.82) is 0 Å². The van der Waals surface area contributed by atoms with Gasteiger partial charge in [-0.1, -0.05) is 84.4 Å². The third kappa shape index (κ3) is 4.25. The summed E-state index contributed by atoms with van der Waals surface area (Å²) >= 11 is 6.19. The highest BCUT2D eigenvalue weighted by atomic mass is 35.5. The van der Waals surface area contributed by atoms with Gasteiger partial charge in [0.15, 0.2) is 0 Å². The Morgan fingerprint density at radius 2 is 1.50 bits per heavy atom. The molecule has 0 saturated carbocycles. The third-order valence-electron chi connectivity index (χ3n) is 6.50. The molecule has 7 heteroatoms. The molecule has 1 aliphatic heterocycles. The SMILES string of the molecule is CC(=O)N1N=C(c2c3ccccc3cc3ccccc23)OC1c1cccc(NC(=O)c2ccccc2Cl)c1. The van der Waals surface area contributed by atoms with Gasteiger partial charge in [-0.2, -0.15) is 5.01 Å². The molecule has 0 saturated heterocycles. The number of ether oxygens (including phenoxy) is 1. The van der Waals surface area contributed by atoms with Gasteiger partial charge in [0.05, 0.1) is 16.1 Å². The van der Waals surface area contributed by atoms with Crippen molar-refractivity contribution in [1.82, 2.24) is 5.01 Å². The molecule has 6 rings (SSSR count). The van der Waals surface area contributed by atoms with Crippen LogP contribution >= 0.6 is 11.6 Å². The van der Waals surface area contributed by atoms with Gasteiger partial charge in [-0.25, -0.2) is 0 Å². The van der Waals surface area contributed by atoms with Crippen LogP contribution in [0.5, 0.6) is 0 Å². The topological polar surface area (TPSA) is 71.0 Å². The first-order chi connectivity index (χ1) is 18.5. The molecular weight excluding hydrogens is 498 g/mol. The molecule has 6 nitrogen and oxygen atoms in total. The maximum atomic E-state index is 12.8. The van der Waals surface area contributed by atoms with Crippen LogP contribution in [0.2, 0.25) is 5.02 Å². The van der Waals surface area contributed by atoms with Crippen molar-refractivity contribution in [2.24, 2.45) is 5.10 Å². The molecule has 0 radical (unpaired) electrons. The molecule has 1 aliphatic rings. The fourth-order valence-corrected chi connectivity index (χ4v) is 4.96. The molecule has 2 amide bonds. The zero-order valence-electron chi connectivity index (χ0n) is 20.4. The summed E-state index contributed by atoms with van der Waals surface area (Å²) in [4.78, 5) is 25.5. The minimum atomic E-state index is -0.794. The second kappa shape index (κ2) is 9.65. The fraction of sp³-hybridized carbons (Fsp3) is 0.0645. The number of halogens is 1. The van der Waals surface area contributed by atoms with Gasteiger partial charge < -0.3 is 10.1 Å². The number of nitrogens with one attached hydrogen (secondary N) is 1. The van der Waals surface area contributed by atoms with Crippen molar-refractivity contribution in [3.05, 3.63) is 125 Å². The number of hydrogen-bond acceptors (Lipinski definition) is 4. The van der Waals surface area contributed by atoms with Crippen molar-refractivity contribution in [2.75, 3.05) is 5.32 Å². The van der Waals surface area contributed by atoms with E-state index in [1.807, 2.05) is 54.6 Å². The predicted molar refractivity (Wildman–Crippen MR) is 150 cm³/mol. The first-order valence-corrected chi connectivity index (χ1v) is 12.5. The van der Waals surface area contributed by atoms with Gasteiger partial charge in [0.25, 0.3) is 5.91 Å². The monoisotopic (exact) mass is 519 g/mol. The second-order valence-corrected chi connectivity index (χ2v) is 9.40. The third-order valence-corrected chi connectivity index (χ3v) is 6.83. The van der Waals surface area contributed by atoms with Crippen molar-refractivity contribution in [2.45, 2.75) is 13.2 Å². The summed E-state index contributed by atoms with van der Waals surface area (Å²) in [6.45, 7) is 1.45. The Hall–Kier alpha value is -4.68. The van der Waals surface area contributed by atoms with E-state index in [2.05, 4.69) is 16.5 Å². The molecule has 0 aliphatic carbocycles. The molecule has 1 atom stereocenters. The summed E-state index contributed by atoms with van der Waals surface area (Å²) in [7, 11) is 0. The summed E-state index contributed by atoms with van der Waals surface area (Å²) in [5.41, 5.74) is 2.41. The maximum absolute atomic E-state index is 12.8. The number of nitrogens with zero attached hydrogens (tertiary/aromatic N) is 2. The van der Waals surface area contributed by atoms with Crippen LogP contribution in [0.4, 0.5) is 5.69 Å². The van der Waals surface area contributed by atoms with Crippen LogP contribution in [0.1, 0.15) is 34.6 Å². The van der Waals surface area contributed by atoms with Crippen LogP contribution in [0.3, 0.4) is 0 Å². The van der Waals surface area contributed by atoms with Crippen molar-refractivity contribution in [3.8, 4) is 0 Å². The molecule has 1 N–H and O–H groups in total. The largest absolute Gasteiger partial charge is 0.446 e. The quantitative estimate of drug-likeness (QED) is 0.256. The van der Waals surface area contributed by atoms with E-state index >= 15 is 0 Å². The van der Waals surface area contributed by atoms with E-state index in [9.17, 15) is 9.59 Å². The highest BCUT2D eigenvalue weighted by Gasteiger charge is 2.34. The molecule has 1 unspecified atom stereocenters. The van der Waals surface area contributed by atoms with Crippen molar-refractivity contribution in [3.63, 3.8) is 0 Å². The number of amides is 2. The average Bonchev–Trinajstić information content (AvgIpc) is 3.37. The van der Waals surface area contributed by atoms with Crippen LogP contribution in [0.15, 0.2) is 108 Å². The molecule has 0 bridgehead atoms. The second-order valence-electron chi connectivity index (χ2n) is 8.99. The molecule has 38 heavy (non-hydrogen) atoms. The van der Waals surface area contributed by atoms with Crippen LogP contribution in [-0.4, -0.2) is 22.7 Å². The Morgan fingerprint density at radius 1 is 0.842 bits per heavy atom. The number of fused-ring (bicyclic) bond motifs is 2. The molecule has 5 aromatic rings. The molecule has 1 heterocycles. The van der Waals surface area contributed by atoms with Gasteiger partial charge in [-0.3, -0.25) is 9.59 Å². The van der Waals surface area contributed by atoms with Crippen LogP contribution in [-0.2, 0) is 9.53 Å². The normalized spacial score (nSPS) is 14.8. The molecule has 0 spiro atoms. The van der Waals surface area contributed by atoms with E-state index in [4.69, 9.17) is 16.3 Å². The Morgan fingerprint density at radius 3 is 2.18 bits per heavy atom. The minimum absolute atomic E-state index is 0.264. The van der Waals surface area contributed by atoms with Crippen LogP contribution < -0.4 is 5.32 Å². The smallest absolute Gasteiger partial charge is 0.257 e. The number of carbonyl (C=O) groups is 2. The van der Waals surface area contributed by atoms with Gasteiger partial charge >= 0.3 is 0 Å². The number of rotatable bonds is 4. The Kier molecular flexibility index (Phi) is 6.02. The van der Waals surface area contributed by atoms with Crippen molar-refractivity contribution < 1.29 is 14.3 Å². The molecule has 0 fully saturated rings. The lowest BCUT2D eigenvalue weighted by molar-refractivity contribution is -0.135. The number of anilines is 1. The van der Waals surface area contributed by atoms with Crippen LogP contribution in [0.25, 0.3) is 21.5 Å². The van der Waals surface area contributed by atoms with E-state index in [1.165, 1.54) is 11.9 Å². The summed E-state index contributed by atoms with van der Waals surface area (Å²) < 4.78 is 6.41. The Balaban J connectivity index is 1.38. The first-order valence-electron chi connectivity index (χ1n) is 12.1. The lowest BCUT2D eigenvalue weighted by Crippen LogP contribution is -2.25. The Bertz CT molecular complexity index is 1710. The highest BCUT2D eigenvalue weighted by Crippen LogP contribution is 2.36. The van der Waals surface area contributed by atoms with E-state index in [-0.39, 0.29) is 11.8 Å². The molecular formula is C31H22ClN3O3. The predicted octanol–water partition coefficient (Wildman–Crippen LogP) is 7.14. The fourth-order valence-electron chi connectivity index (χ4n) is 4.74. The number of hydrogen-bond donors (Lipinski definition) is 1. The van der Waals surface area contributed by atoms with Crippen molar-refractivity contribution >= 4 is 56.5 Å². The minimum Gasteiger partial charge on any atom is -0.446 e. The van der Waals surface area contributed by atoms with Gasteiger partial charge in [-0.05, 0) is 51.9 Å². The number of carbonyl (C=O) groups excluding carboxylic acids is 2. The van der Waals surface area contributed by atoms with E-state index in [0.717, 1.165) is 27.1 Å². The molecule has 186 valence electrons. The number of benzene rings is 5. The molecule has 0 aromatic heterocycles. The first kappa shape index (κ1) is 23.7. The highest BCUT2D eigenvalue weighted by molar-refractivity contribution is 6.34. The Labute approximate surface area is 224 Å². The lowest BCUT2D eigenvalue weighted by Gasteiger charge is -2.20. The summed E-state index contributed by atoms with van der Waals surface area (Å²) in [6, 6.07) is 32.2. The maximum Gasteiger partial charge on any atom is 0.257 e. The summed E-state index contributed by atoms with van der Waals surface area (Å²) in [5.74, 6) is -0.230. The van der Waals surface area contributed by atoms with Crippen LogP contribution in [0, 0.1) is 0 Å². The van der Waals surface area contributed by atoms with E-state index in [0.29, 0.717) is 27.7 Å². The summed E-state index contributed by atoms with van der Waals surface area (Å²) in [6.07, 6.45) is -0.794. The van der Waals surface area contributed by atoms with E-state index in [1.54, 1.807) is 42.5 Å². The van der Waals surface area contributed by atoms with Gasteiger partial charge in [0.1, 0.15) is 0 Å². The van der Waals surface area contributed by atoms with Gasteiger partial charge in [-0.15, -0.1) is 5.10 Å². The number of hydrazone groups is 1. The standard InChI is InChI=1S/C31H22ClN3O3/c1-19(36)35-31(22-11-8-12-23(18-22)33-29(37)26-15-6-7-16-27(26)32)38-30(34-35)28-24-13-4-2-9-20(24)17-21-10-3-5-14-25(21)28/h2-18,31H,1H3,(H,33,37). The zero-order valence-corrected chi connectivity index (χ0v) is 21.1. The van der Waals surface area contributed by atoms with E-state index < -0.39 is 6.23 Å².